The Bertz CT molecular complexity index is 605. The summed E-state index contributed by atoms with van der Waals surface area (Å²) in [7, 11) is 1.61. The average Bonchev–Trinajstić information content (AvgIpc) is 3.49. The molecule has 1 aromatic carbocycles. The maximum atomic E-state index is 12.8. The predicted octanol–water partition coefficient (Wildman–Crippen LogP) is 3.33. The highest BCUT2D eigenvalue weighted by molar-refractivity contribution is 5.95. The van der Waals surface area contributed by atoms with Gasteiger partial charge in [0.2, 0.25) is 0 Å². The molecule has 0 unspecified atom stereocenters. The molecule has 1 aromatic rings. The molecule has 0 bridgehead atoms. The summed E-state index contributed by atoms with van der Waals surface area (Å²) in [6, 6.07) is 6.05. The summed E-state index contributed by atoms with van der Waals surface area (Å²) >= 11 is 0. The maximum absolute atomic E-state index is 12.8. The second-order valence-electron chi connectivity index (χ2n) is 7.99. The molecule has 1 saturated carbocycles. The minimum Gasteiger partial charge on any atom is -0.493 e. The first-order valence-electron chi connectivity index (χ1n) is 9.90. The molecule has 1 amide bonds. The van der Waals surface area contributed by atoms with Crippen molar-refractivity contribution in [2.45, 2.75) is 45.6 Å². The molecular weight excluding hydrogens is 328 g/mol. The summed E-state index contributed by atoms with van der Waals surface area (Å²) in [6.07, 6.45) is 4.82. The molecule has 144 valence electrons. The Hall–Kier alpha value is -1.75. The molecule has 0 atom stereocenters. The number of carbonyl (C=O) groups excluding carboxylic acids is 1. The van der Waals surface area contributed by atoms with Crippen molar-refractivity contribution >= 4 is 5.91 Å². The molecule has 5 heteroatoms. The number of nitrogens with zero attached hydrogens (tertiary/aromatic N) is 1. The third kappa shape index (κ3) is 5.13. The monoisotopic (exact) mass is 360 g/mol. The second kappa shape index (κ2) is 8.76. The molecule has 26 heavy (non-hydrogen) atoms. The van der Waals surface area contributed by atoms with Crippen molar-refractivity contribution in [3.05, 3.63) is 23.8 Å². The van der Waals surface area contributed by atoms with Crippen molar-refractivity contribution in [2.24, 2.45) is 11.8 Å². The van der Waals surface area contributed by atoms with E-state index in [0.717, 1.165) is 38.4 Å². The van der Waals surface area contributed by atoms with E-state index in [1.165, 1.54) is 12.8 Å². The zero-order valence-electron chi connectivity index (χ0n) is 16.3. The number of likely N-dealkylation sites (tertiary alicyclic amines) is 1. The number of benzene rings is 1. The lowest BCUT2D eigenvalue weighted by atomic mass is 10.0. The van der Waals surface area contributed by atoms with Crippen LogP contribution in [0, 0.1) is 11.8 Å². The standard InChI is InChI=1S/C21H32N2O3/c1-15(2)14-26-19-7-6-17(12-20(19)25-3)21(24)23-10-8-18(9-11-23)22-13-16-4-5-16/h6-7,12,15-16,18,22H,4-5,8-11,13-14H2,1-3H3. The smallest absolute Gasteiger partial charge is 0.253 e. The highest BCUT2D eigenvalue weighted by Crippen LogP contribution is 2.30. The van der Waals surface area contributed by atoms with Crippen molar-refractivity contribution in [1.82, 2.24) is 10.2 Å². The van der Waals surface area contributed by atoms with Gasteiger partial charge in [0, 0.05) is 24.7 Å². The van der Waals surface area contributed by atoms with Gasteiger partial charge in [0.15, 0.2) is 11.5 Å². The fourth-order valence-corrected chi connectivity index (χ4v) is 3.30. The zero-order valence-corrected chi connectivity index (χ0v) is 16.3. The second-order valence-corrected chi connectivity index (χ2v) is 7.99. The largest absolute Gasteiger partial charge is 0.493 e. The number of methoxy groups -OCH3 is 1. The summed E-state index contributed by atoms with van der Waals surface area (Å²) < 4.78 is 11.2. The zero-order chi connectivity index (χ0) is 18.5. The molecule has 0 aromatic heterocycles. The highest BCUT2D eigenvalue weighted by Gasteiger charge is 2.26. The van der Waals surface area contributed by atoms with E-state index in [9.17, 15) is 4.79 Å². The van der Waals surface area contributed by atoms with E-state index in [1.807, 2.05) is 17.0 Å². The fraction of sp³-hybridized carbons (Fsp3) is 0.667. The van der Waals surface area contributed by atoms with E-state index in [-0.39, 0.29) is 5.91 Å². The van der Waals surface area contributed by atoms with Crippen LogP contribution in [-0.2, 0) is 0 Å². The third-order valence-corrected chi connectivity index (χ3v) is 5.16. The van der Waals surface area contributed by atoms with Gasteiger partial charge in [-0.25, -0.2) is 0 Å². The summed E-state index contributed by atoms with van der Waals surface area (Å²) in [5.74, 6) is 2.74. The fourth-order valence-electron chi connectivity index (χ4n) is 3.30. The van der Waals surface area contributed by atoms with Crippen LogP contribution in [0.25, 0.3) is 0 Å². The van der Waals surface area contributed by atoms with Crippen LogP contribution in [0.5, 0.6) is 11.5 Å². The van der Waals surface area contributed by atoms with Crippen LogP contribution >= 0.6 is 0 Å². The number of amides is 1. The molecule has 3 rings (SSSR count). The molecular formula is C21H32N2O3. The van der Waals surface area contributed by atoms with Crippen molar-refractivity contribution < 1.29 is 14.3 Å². The lowest BCUT2D eigenvalue weighted by Gasteiger charge is -2.32. The van der Waals surface area contributed by atoms with Gasteiger partial charge >= 0.3 is 0 Å². The molecule has 1 aliphatic heterocycles. The van der Waals surface area contributed by atoms with Gasteiger partial charge in [-0.2, -0.15) is 0 Å². The number of carbonyl (C=O) groups is 1. The number of nitrogens with one attached hydrogen (secondary N) is 1. The van der Waals surface area contributed by atoms with E-state index in [1.54, 1.807) is 13.2 Å². The van der Waals surface area contributed by atoms with Crippen molar-refractivity contribution in [3.8, 4) is 11.5 Å². The topological polar surface area (TPSA) is 50.8 Å². The van der Waals surface area contributed by atoms with Crippen molar-refractivity contribution in [2.75, 3.05) is 33.4 Å². The van der Waals surface area contributed by atoms with Gasteiger partial charge in [-0.15, -0.1) is 0 Å². The van der Waals surface area contributed by atoms with E-state index in [2.05, 4.69) is 19.2 Å². The molecule has 1 heterocycles. The van der Waals surface area contributed by atoms with Crippen molar-refractivity contribution in [1.29, 1.82) is 0 Å². The molecule has 5 nitrogen and oxygen atoms in total. The van der Waals surface area contributed by atoms with Gasteiger partial charge in [0.1, 0.15) is 0 Å². The maximum Gasteiger partial charge on any atom is 0.253 e. The quantitative estimate of drug-likeness (QED) is 0.772. The predicted molar refractivity (Wildman–Crippen MR) is 103 cm³/mol. The normalized spacial score (nSPS) is 18.2. The molecule has 0 spiro atoms. The molecule has 1 N–H and O–H groups in total. The lowest BCUT2D eigenvalue weighted by Crippen LogP contribution is -2.45. The molecule has 0 radical (unpaired) electrons. The average molecular weight is 360 g/mol. The Labute approximate surface area is 157 Å². The van der Waals surface area contributed by atoms with Gasteiger partial charge in [-0.1, -0.05) is 13.8 Å². The first kappa shape index (κ1) is 19.0. The Morgan fingerprint density at radius 2 is 1.92 bits per heavy atom. The van der Waals surface area contributed by atoms with Crippen LogP contribution in [0.15, 0.2) is 18.2 Å². The summed E-state index contributed by atoms with van der Waals surface area (Å²) in [4.78, 5) is 14.8. The van der Waals surface area contributed by atoms with Gasteiger partial charge in [-0.05, 0) is 62.3 Å². The van der Waals surface area contributed by atoms with Crippen LogP contribution in [-0.4, -0.2) is 50.2 Å². The van der Waals surface area contributed by atoms with E-state index < -0.39 is 0 Å². The molecule has 1 aliphatic carbocycles. The Morgan fingerprint density at radius 3 is 2.54 bits per heavy atom. The van der Waals surface area contributed by atoms with Gasteiger partial charge in [-0.3, -0.25) is 4.79 Å². The number of piperidine rings is 1. The van der Waals surface area contributed by atoms with Crippen LogP contribution in [0.4, 0.5) is 0 Å². The number of rotatable bonds is 8. The Kier molecular flexibility index (Phi) is 6.41. The van der Waals surface area contributed by atoms with E-state index >= 15 is 0 Å². The summed E-state index contributed by atoms with van der Waals surface area (Å²) in [5.41, 5.74) is 0.670. The third-order valence-electron chi connectivity index (χ3n) is 5.16. The number of hydrogen-bond donors (Lipinski definition) is 1. The first-order chi connectivity index (χ1) is 12.6. The molecule has 2 aliphatic rings. The lowest BCUT2D eigenvalue weighted by molar-refractivity contribution is 0.0704. The van der Waals surface area contributed by atoms with Crippen LogP contribution in [0.1, 0.15) is 49.9 Å². The SMILES string of the molecule is COc1cc(C(=O)N2CCC(NCC3CC3)CC2)ccc1OCC(C)C. The molecule has 2 fully saturated rings. The van der Waals surface area contributed by atoms with Crippen LogP contribution < -0.4 is 14.8 Å². The summed E-state index contributed by atoms with van der Waals surface area (Å²) in [6.45, 7) is 7.61. The van der Waals surface area contributed by atoms with Crippen LogP contribution in [0.3, 0.4) is 0 Å². The van der Waals surface area contributed by atoms with Gasteiger partial charge in [0.25, 0.3) is 5.91 Å². The Morgan fingerprint density at radius 1 is 1.19 bits per heavy atom. The van der Waals surface area contributed by atoms with Crippen LogP contribution in [0.2, 0.25) is 0 Å². The first-order valence-corrected chi connectivity index (χ1v) is 9.90. The van der Waals surface area contributed by atoms with Gasteiger partial charge in [0.05, 0.1) is 13.7 Å². The minimum absolute atomic E-state index is 0.0827. The van der Waals surface area contributed by atoms with Crippen molar-refractivity contribution in [3.63, 3.8) is 0 Å². The minimum atomic E-state index is 0.0827. The number of hydrogen-bond acceptors (Lipinski definition) is 4. The summed E-state index contributed by atoms with van der Waals surface area (Å²) in [5, 5.41) is 3.66. The Balaban J connectivity index is 1.55. The molecule has 1 saturated heterocycles. The highest BCUT2D eigenvalue weighted by atomic mass is 16.5. The van der Waals surface area contributed by atoms with E-state index in [0.29, 0.717) is 35.6 Å². The van der Waals surface area contributed by atoms with E-state index in [4.69, 9.17) is 9.47 Å². The van der Waals surface area contributed by atoms with Gasteiger partial charge < -0.3 is 19.7 Å². The number of ether oxygens (including phenoxy) is 2.